The molecule has 5 heteroatoms. The SMILES string of the molecule is COc1ccc(Nc2ccc(C(=O)O)cc2)c(C)c1Br. The Morgan fingerprint density at radius 3 is 2.40 bits per heavy atom. The predicted octanol–water partition coefficient (Wildman–Crippen LogP) is 4.21. The summed E-state index contributed by atoms with van der Waals surface area (Å²) in [5.41, 5.74) is 3.05. The van der Waals surface area contributed by atoms with Crippen LogP contribution < -0.4 is 10.1 Å². The van der Waals surface area contributed by atoms with Gasteiger partial charge in [-0.3, -0.25) is 0 Å². The molecule has 0 aliphatic rings. The lowest BCUT2D eigenvalue weighted by Gasteiger charge is -2.13. The molecule has 0 spiro atoms. The molecule has 0 saturated heterocycles. The van der Waals surface area contributed by atoms with E-state index in [9.17, 15) is 4.79 Å². The first-order valence-electron chi connectivity index (χ1n) is 5.96. The van der Waals surface area contributed by atoms with Crippen LogP contribution >= 0.6 is 15.9 Å². The van der Waals surface area contributed by atoms with Crippen LogP contribution in [0.15, 0.2) is 40.9 Å². The number of hydrogen-bond acceptors (Lipinski definition) is 3. The first-order chi connectivity index (χ1) is 9.52. The van der Waals surface area contributed by atoms with E-state index in [-0.39, 0.29) is 5.56 Å². The molecule has 0 amide bonds. The fourth-order valence-electron chi connectivity index (χ4n) is 1.80. The summed E-state index contributed by atoms with van der Waals surface area (Å²) in [7, 11) is 1.62. The van der Waals surface area contributed by atoms with Crippen molar-refractivity contribution in [3.05, 3.63) is 52.0 Å². The smallest absolute Gasteiger partial charge is 0.335 e. The second-order valence-electron chi connectivity index (χ2n) is 4.26. The molecule has 2 rings (SSSR count). The topological polar surface area (TPSA) is 58.6 Å². The summed E-state index contributed by atoms with van der Waals surface area (Å²) >= 11 is 3.49. The number of hydrogen-bond donors (Lipinski definition) is 2. The molecular formula is C15H14BrNO3. The number of carboxylic acids is 1. The average Bonchev–Trinajstić information content (AvgIpc) is 2.45. The molecule has 0 heterocycles. The van der Waals surface area contributed by atoms with E-state index in [1.54, 1.807) is 31.4 Å². The molecule has 0 radical (unpaired) electrons. The third-order valence-corrected chi connectivity index (χ3v) is 3.97. The summed E-state index contributed by atoms with van der Waals surface area (Å²) in [6.07, 6.45) is 0. The highest BCUT2D eigenvalue weighted by molar-refractivity contribution is 9.10. The van der Waals surface area contributed by atoms with Crippen molar-refractivity contribution in [2.45, 2.75) is 6.92 Å². The van der Waals surface area contributed by atoms with Crippen molar-refractivity contribution >= 4 is 33.3 Å². The van der Waals surface area contributed by atoms with Gasteiger partial charge in [0.05, 0.1) is 17.1 Å². The third-order valence-electron chi connectivity index (χ3n) is 2.98. The van der Waals surface area contributed by atoms with E-state index in [0.717, 1.165) is 27.2 Å². The van der Waals surface area contributed by atoms with Gasteiger partial charge in [-0.25, -0.2) is 4.79 Å². The Labute approximate surface area is 125 Å². The second-order valence-corrected chi connectivity index (χ2v) is 5.05. The summed E-state index contributed by atoms with van der Waals surface area (Å²) in [4.78, 5) is 10.8. The summed E-state index contributed by atoms with van der Waals surface area (Å²) in [6.45, 7) is 1.97. The lowest BCUT2D eigenvalue weighted by molar-refractivity contribution is 0.0697. The van der Waals surface area contributed by atoms with Gasteiger partial charge in [-0.2, -0.15) is 0 Å². The lowest BCUT2D eigenvalue weighted by atomic mass is 10.1. The number of rotatable bonds is 4. The Kier molecular flexibility index (Phi) is 4.29. The highest BCUT2D eigenvalue weighted by Gasteiger charge is 2.08. The standard InChI is InChI=1S/C15H14BrNO3/c1-9-12(7-8-13(20-2)14(9)16)17-11-5-3-10(4-6-11)15(18)19/h3-8,17H,1-2H3,(H,18,19). The first-order valence-corrected chi connectivity index (χ1v) is 6.75. The molecule has 0 aliphatic carbocycles. The van der Waals surface area contributed by atoms with Gasteiger partial charge in [-0.05, 0) is 64.8 Å². The number of benzene rings is 2. The maximum absolute atomic E-state index is 10.8. The largest absolute Gasteiger partial charge is 0.496 e. The van der Waals surface area contributed by atoms with Gasteiger partial charge in [-0.15, -0.1) is 0 Å². The number of halogens is 1. The summed E-state index contributed by atoms with van der Waals surface area (Å²) in [5.74, 6) is -0.158. The highest BCUT2D eigenvalue weighted by Crippen LogP contribution is 2.34. The van der Waals surface area contributed by atoms with Crippen LogP contribution in [0.5, 0.6) is 5.75 Å². The molecule has 4 nitrogen and oxygen atoms in total. The zero-order valence-electron chi connectivity index (χ0n) is 11.1. The number of methoxy groups -OCH3 is 1. The van der Waals surface area contributed by atoms with E-state index >= 15 is 0 Å². The highest BCUT2D eigenvalue weighted by atomic mass is 79.9. The van der Waals surface area contributed by atoms with Gasteiger partial charge in [0, 0.05) is 11.4 Å². The van der Waals surface area contributed by atoms with E-state index in [0.29, 0.717) is 0 Å². The number of ether oxygens (including phenoxy) is 1. The molecule has 0 fully saturated rings. The maximum atomic E-state index is 10.8. The van der Waals surface area contributed by atoms with Crippen LogP contribution in [-0.2, 0) is 0 Å². The minimum absolute atomic E-state index is 0.267. The molecule has 0 bridgehead atoms. The molecule has 2 aromatic carbocycles. The number of aromatic carboxylic acids is 1. The maximum Gasteiger partial charge on any atom is 0.335 e. The van der Waals surface area contributed by atoms with Gasteiger partial charge in [-0.1, -0.05) is 0 Å². The quantitative estimate of drug-likeness (QED) is 0.878. The van der Waals surface area contributed by atoms with Crippen molar-refractivity contribution < 1.29 is 14.6 Å². The van der Waals surface area contributed by atoms with Gasteiger partial charge in [0.1, 0.15) is 5.75 Å². The molecule has 0 atom stereocenters. The number of carbonyl (C=O) groups is 1. The van der Waals surface area contributed by atoms with Crippen molar-refractivity contribution in [1.82, 2.24) is 0 Å². The van der Waals surface area contributed by atoms with Crippen molar-refractivity contribution in [3.63, 3.8) is 0 Å². The van der Waals surface area contributed by atoms with E-state index in [1.165, 1.54) is 0 Å². The van der Waals surface area contributed by atoms with Crippen molar-refractivity contribution in [3.8, 4) is 5.75 Å². The minimum Gasteiger partial charge on any atom is -0.496 e. The number of carboxylic acid groups (broad SMARTS) is 1. The van der Waals surface area contributed by atoms with Gasteiger partial charge < -0.3 is 15.2 Å². The van der Waals surface area contributed by atoms with Crippen molar-refractivity contribution in [2.75, 3.05) is 12.4 Å². The fraction of sp³-hybridized carbons (Fsp3) is 0.133. The Morgan fingerprint density at radius 2 is 1.85 bits per heavy atom. The molecular weight excluding hydrogens is 322 g/mol. The average molecular weight is 336 g/mol. The molecule has 0 aromatic heterocycles. The number of nitrogens with one attached hydrogen (secondary N) is 1. The van der Waals surface area contributed by atoms with Crippen LogP contribution in [0, 0.1) is 6.92 Å². The van der Waals surface area contributed by atoms with Crippen LogP contribution in [0.3, 0.4) is 0 Å². The summed E-state index contributed by atoms with van der Waals surface area (Å²) < 4.78 is 6.13. The number of anilines is 2. The fourth-order valence-corrected chi connectivity index (χ4v) is 2.31. The molecule has 0 aliphatic heterocycles. The Hall–Kier alpha value is -2.01. The van der Waals surface area contributed by atoms with Crippen LogP contribution in [0.2, 0.25) is 0 Å². The van der Waals surface area contributed by atoms with E-state index in [4.69, 9.17) is 9.84 Å². The molecule has 0 unspecified atom stereocenters. The second kappa shape index (κ2) is 5.96. The molecule has 20 heavy (non-hydrogen) atoms. The molecule has 2 aromatic rings. The van der Waals surface area contributed by atoms with Gasteiger partial charge in [0.2, 0.25) is 0 Å². The molecule has 104 valence electrons. The minimum atomic E-state index is -0.931. The Balaban J connectivity index is 2.26. The van der Waals surface area contributed by atoms with Crippen LogP contribution in [0.25, 0.3) is 0 Å². The monoisotopic (exact) mass is 335 g/mol. The summed E-state index contributed by atoms with van der Waals surface area (Å²) in [5, 5.41) is 12.1. The van der Waals surface area contributed by atoms with E-state index in [2.05, 4.69) is 21.2 Å². The molecule has 2 N–H and O–H groups in total. The van der Waals surface area contributed by atoms with Crippen LogP contribution in [0.4, 0.5) is 11.4 Å². The molecule has 0 saturated carbocycles. The van der Waals surface area contributed by atoms with Crippen LogP contribution in [0.1, 0.15) is 15.9 Å². The van der Waals surface area contributed by atoms with Gasteiger partial charge in [0.15, 0.2) is 0 Å². The lowest BCUT2D eigenvalue weighted by Crippen LogP contribution is -1.98. The zero-order chi connectivity index (χ0) is 14.7. The summed E-state index contributed by atoms with van der Waals surface area (Å²) in [6, 6.07) is 10.4. The zero-order valence-corrected chi connectivity index (χ0v) is 12.7. The third kappa shape index (κ3) is 2.93. The first kappa shape index (κ1) is 14.4. The normalized spacial score (nSPS) is 10.2. The predicted molar refractivity (Wildman–Crippen MR) is 82.1 cm³/mol. The van der Waals surface area contributed by atoms with Gasteiger partial charge in [0.25, 0.3) is 0 Å². The van der Waals surface area contributed by atoms with Crippen molar-refractivity contribution in [1.29, 1.82) is 0 Å². The van der Waals surface area contributed by atoms with E-state index in [1.807, 2.05) is 19.1 Å². The van der Waals surface area contributed by atoms with E-state index < -0.39 is 5.97 Å². The van der Waals surface area contributed by atoms with Crippen molar-refractivity contribution in [2.24, 2.45) is 0 Å². The Bertz CT molecular complexity index is 638. The Morgan fingerprint density at radius 1 is 1.20 bits per heavy atom. The van der Waals surface area contributed by atoms with Gasteiger partial charge >= 0.3 is 5.97 Å². The van der Waals surface area contributed by atoms with Crippen LogP contribution in [-0.4, -0.2) is 18.2 Å².